The van der Waals surface area contributed by atoms with E-state index in [1.54, 1.807) is 0 Å². The molecular formula is C20H35N. The molecular weight excluding hydrogens is 254 g/mol. The van der Waals surface area contributed by atoms with Gasteiger partial charge in [0.1, 0.15) is 0 Å². The topological polar surface area (TPSA) is 12.0 Å². The minimum Gasteiger partial charge on any atom is -0.310 e. The fourth-order valence-corrected chi connectivity index (χ4v) is 3.14. The van der Waals surface area contributed by atoms with Gasteiger partial charge in [-0.05, 0) is 37.9 Å². The number of aryl methyl sites for hydroxylation is 2. The lowest BCUT2D eigenvalue weighted by atomic mass is 9.95. The Morgan fingerprint density at radius 3 is 2.19 bits per heavy atom. The highest BCUT2D eigenvalue weighted by Gasteiger charge is 2.12. The minimum absolute atomic E-state index is 0.534. The van der Waals surface area contributed by atoms with E-state index in [4.69, 9.17) is 0 Å². The molecule has 21 heavy (non-hydrogen) atoms. The lowest BCUT2D eigenvalue weighted by molar-refractivity contribution is 0.474. The van der Waals surface area contributed by atoms with E-state index in [1.807, 2.05) is 0 Å². The van der Waals surface area contributed by atoms with Crippen LogP contribution in [0.1, 0.15) is 87.9 Å². The largest absolute Gasteiger partial charge is 0.310 e. The van der Waals surface area contributed by atoms with E-state index in [2.05, 4.69) is 51.2 Å². The summed E-state index contributed by atoms with van der Waals surface area (Å²) >= 11 is 0. The zero-order valence-corrected chi connectivity index (χ0v) is 14.7. The van der Waals surface area contributed by atoms with Crippen LogP contribution >= 0.6 is 0 Å². The molecule has 1 rings (SSSR count). The first kappa shape index (κ1) is 18.2. The Bertz CT molecular complexity index is 383. The van der Waals surface area contributed by atoms with Gasteiger partial charge in [-0.2, -0.15) is 0 Å². The Balaban J connectivity index is 2.39. The number of hydrogen-bond donors (Lipinski definition) is 1. The molecule has 0 aromatic heterocycles. The molecule has 0 aliphatic carbocycles. The van der Waals surface area contributed by atoms with E-state index < -0.39 is 0 Å². The van der Waals surface area contributed by atoms with Crippen LogP contribution in [0.15, 0.2) is 18.2 Å². The summed E-state index contributed by atoms with van der Waals surface area (Å²) in [6, 6.07) is 7.41. The molecule has 1 atom stereocenters. The number of nitrogens with one attached hydrogen (secondary N) is 1. The smallest absolute Gasteiger partial charge is 0.0322 e. The van der Waals surface area contributed by atoms with E-state index in [0.717, 1.165) is 6.54 Å². The van der Waals surface area contributed by atoms with Gasteiger partial charge in [-0.15, -0.1) is 0 Å². The Labute approximate surface area is 132 Å². The number of rotatable bonds is 11. The van der Waals surface area contributed by atoms with Gasteiger partial charge in [-0.25, -0.2) is 0 Å². The summed E-state index contributed by atoms with van der Waals surface area (Å²) in [6.45, 7) is 9.97. The Morgan fingerprint density at radius 2 is 1.57 bits per heavy atom. The number of unbranched alkanes of at least 4 members (excludes halogenated alkanes) is 6. The van der Waals surface area contributed by atoms with Crippen LogP contribution in [0, 0.1) is 13.8 Å². The van der Waals surface area contributed by atoms with Crippen LogP contribution in [-0.2, 0) is 0 Å². The van der Waals surface area contributed by atoms with Crippen LogP contribution in [0.25, 0.3) is 0 Å². The summed E-state index contributed by atoms with van der Waals surface area (Å²) < 4.78 is 0. The quantitative estimate of drug-likeness (QED) is 0.486. The molecule has 0 amide bonds. The molecule has 0 spiro atoms. The molecule has 0 radical (unpaired) electrons. The second-order valence-corrected chi connectivity index (χ2v) is 6.38. The molecule has 0 saturated carbocycles. The third-order valence-electron chi connectivity index (χ3n) is 4.35. The van der Waals surface area contributed by atoms with E-state index in [1.165, 1.54) is 68.1 Å². The first-order chi connectivity index (χ1) is 10.2. The van der Waals surface area contributed by atoms with Crippen molar-refractivity contribution < 1.29 is 0 Å². The third-order valence-corrected chi connectivity index (χ3v) is 4.35. The Hall–Kier alpha value is -0.820. The summed E-state index contributed by atoms with van der Waals surface area (Å²) in [5.74, 6) is 0. The molecule has 0 fully saturated rings. The molecule has 1 unspecified atom stereocenters. The van der Waals surface area contributed by atoms with Gasteiger partial charge in [0.25, 0.3) is 0 Å². The highest BCUT2D eigenvalue weighted by atomic mass is 14.9. The average molecular weight is 290 g/mol. The molecule has 120 valence electrons. The van der Waals surface area contributed by atoms with Crippen molar-refractivity contribution >= 4 is 0 Å². The van der Waals surface area contributed by atoms with E-state index in [9.17, 15) is 0 Å². The minimum atomic E-state index is 0.534. The molecule has 1 N–H and O–H groups in total. The predicted octanol–water partition coefficient (Wildman–Crippen LogP) is 6.09. The summed E-state index contributed by atoms with van der Waals surface area (Å²) in [7, 11) is 0. The van der Waals surface area contributed by atoms with E-state index in [-0.39, 0.29) is 0 Å². The van der Waals surface area contributed by atoms with Crippen LogP contribution in [0.4, 0.5) is 0 Å². The molecule has 0 aliphatic heterocycles. The first-order valence-corrected chi connectivity index (χ1v) is 8.99. The zero-order chi connectivity index (χ0) is 15.5. The summed E-state index contributed by atoms with van der Waals surface area (Å²) in [4.78, 5) is 0. The van der Waals surface area contributed by atoms with Crippen molar-refractivity contribution in [2.24, 2.45) is 0 Å². The molecule has 1 nitrogen and oxygen atoms in total. The molecule has 0 heterocycles. The van der Waals surface area contributed by atoms with Crippen LogP contribution in [0.5, 0.6) is 0 Å². The second kappa shape index (κ2) is 10.8. The van der Waals surface area contributed by atoms with Crippen LogP contribution < -0.4 is 5.32 Å². The molecule has 0 saturated heterocycles. The molecule has 0 aliphatic rings. The van der Waals surface area contributed by atoms with Crippen LogP contribution in [-0.4, -0.2) is 6.54 Å². The van der Waals surface area contributed by atoms with Crippen molar-refractivity contribution in [2.45, 2.75) is 85.1 Å². The Morgan fingerprint density at radius 1 is 0.905 bits per heavy atom. The van der Waals surface area contributed by atoms with Gasteiger partial charge in [0.05, 0.1) is 0 Å². The first-order valence-electron chi connectivity index (χ1n) is 8.99. The van der Waals surface area contributed by atoms with Crippen LogP contribution in [0.3, 0.4) is 0 Å². The fraction of sp³-hybridized carbons (Fsp3) is 0.700. The molecule has 1 heteroatoms. The van der Waals surface area contributed by atoms with Gasteiger partial charge >= 0.3 is 0 Å². The molecule has 1 aromatic carbocycles. The van der Waals surface area contributed by atoms with Crippen molar-refractivity contribution in [1.29, 1.82) is 0 Å². The normalized spacial score (nSPS) is 12.6. The van der Waals surface area contributed by atoms with Crippen LogP contribution in [0.2, 0.25) is 0 Å². The summed E-state index contributed by atoms with van der Waals surface area (Å²) in [6.07, 6.45) is 11.0. The maximum absolute atomic E-state index is 3.67. The van der Waals surface area contributed by atoms with E-state index in [0.29, 0.717) is 6.04 Å². The van der Waals surface area contributed by atoms with Gasteiger partial charge in [0, 0.05) is 6.04 Å². The second-order valence-electron chi connectivity index (χ2n) is 6.38. The summed E-state index contributed by atoms with van der Waals surface area (Å²) in [5, 5.41) is 3.67. The van der Waals surface area contributed by atoms with Gasteiger partial charge < -0.3 is 5.32 Å². The maximum atomic E-state index is 3.67. The average Bonchev–Trinajstić information content (AvgIpc) is 2.45. The lowest BCUT2D eigenvalue weighted by Crippen LogP contribution is -2.21. The third kappa shape index (κ3) is 7.13. The maximum Gasteiger partial charge on any atom is 0.0322 e. The van der Waals surface area contributed by atoms with Crippen molar-refractivity contribution in [3.8, 4) is 0 Å². The van der Waals surface area contributed by atoms with Gasteiger partial charge in [0.2, 0.25) is 0 Å². The van der Waals surface area contributed by atoms with Gasteiger partial charge in [0.15, 0.2) is 0 Å². The van der Waals surface area contributed by atoms with Crippen molar-refractivity contribution in [2.75, 3.05) is 6.54 Å². The molecule has 1 aromatic rings. The summed E-state index contributed by atoms with van der Waals surface area (Å²) in [5.41, 5.74) is 4.29. The Kier molecular flexibility index (Phi) is 9.41. The van der Waals surface area contributed by atoms with Crippen molar-refractivity contribution in [3.05, 3.63) is 34.9 Å². The number of hydrogen-bond acceptors (Lipinski definition) is 1. The van der Waals surface area contributed by atoms with Crippen molar-refractivity contribution in [3.63, 3.8) is 0 Å². The fourth-order valence-electron chi connectivity index (χ4n) is 3.14. The standard InChI is InChI=1S/C20H35N/c1-5-7-8-9-10-11-12-13-20(21-6-2)19-15-14-17(3)16-18(19)4/h14-16,20-21H,5-13H2,1-4H3. The highest BCUT2D eigenvalue weighted by Crippen LogP contribution is 2.24. The molecule has 0 bridgehead atoms. The lowest BCUT2D eigenvalue weighted by Gasteiger charge is -2.21. The monoisotopic (exact) mass is 289 g/mol. The number of benzene rings is 1. The predicted molar refractivity (Wildman–Crippen MR) is 94.9 cm³/mol. The SMILES string of the molecule is CCCCCCCCCC(NCC)c1ccc(C)cc1C. The van der Waals surface area contributed by atoms with Gasteiger partial charge in [-0.1, -0.05) is 82.6 Å². The van der Waals surface area contributed by atoms with Gasteiger partial charge in [-0.3, -0.25) is 0 Å². The zero-order valence-electron chi connectivity index (χ0n) is 14.7. The van der Waals surface area contributed by atoms with Crippen molar-refractivity contribution in [1.82, 2.24) is 5.32 Å². The highest BCUT2D eigenvalue weighted by molar-refractivity contribution is 5.32. The van der Waals surface area contributed by atoms with E-state index >= 15 is 0 Å².